The fourth-order valence-corrected chi connectivity index (χ4v) is 6.43. The molecule has 0 saturated carbocycles. The summed E-state index contributed by atoms with van der Waals surface area (Å²) >= 11 is 0. The topological polar surface area (TPSA) is 43.6 Å². The number of aromatic nitrogens is 4. The molecule has 0 spiro atoms. The highest BCUT2D eigenvalue weighted by molar-refractivity contribution is 6.24. The zero-order chi connectivity index (χ0) is 26.9. The quantitative estimate of drug-likeness (QED) is 0.232. The molecular formula is C37H22N4. The van der Waals surface area contributed by atoms with Crippen molar-refractivity contribution in [3.8, 4) is 51.0 Å². The monoisotopic (exact) mass is 522 g/mol. The van der Waals surface area contributed by atoms with E-state index in [0.29, 0.717) is 17.6 Å². The molecular weight excluding hydrogens is 500 g/mol. The first-order valence-electron chi connectivity index (χ1n) is 13.8. The van der Waals surface area contributed by atoms with Gasteiger partial charge in [0.2, 0.25) is 5.95 Å². The lowest BCUT2D eigenvalue weighted by Gasteiger charge is -2.13. The molecule has 9 rings (SSSR count). The normalized spacial score (nSPS) is 11.9. The molecule has 1 aliphatic rings. The number of nitrogens with zero attached hydrogens (tertiary/aromatic N) is 4. The van der Waals surface area contributed by atoms with Crippen molar-refractivity contribution in [2.75, 3.05) is 0 Å². The summed E-state index contributed by atoms with van der Waals surface area (Å²) in [5, 5.41) is 4.92. The SMILES string of the molecule is c1ccc(-c2nc(-c3ccccc3)nc(-n3c4ccccc4c4ccc5c(c43)-c3cccc4cccc-5c34)n2)cc1. The van der Waals surface area contributed by atoms with Crippen molar-refractivity contribution in [2.45, 2.75) is 0 Å². The lowest BCUT2D eigenvalue weighted by molar-refractivity contribution is 0.954. The van der Waals surface area contributed by atoms with Gasteiger partial charge >= 0.3 is 0 Å². The Balaban J connectivity index is 1.43. The first-order valence-corrected chi connectivity index (χ1v) is 13.8. The summed E-state index contributed by atoms with van der Waals surface area (Å²) in [6, 6.07) is 46.6. The van der Waals surface area contributed by atoms with Gasteiger partial charge in [-0.3, -0.25) is 4.57 Å². The van der Waals surface area contributed by atoms with E-state index < -0.39 is 0 Å². The van der Waals surface area contributed by atoms with E-state index in [2.05, 4.69) is 102 Å². The molecule has 0 aliphatic heterocycles. The number of benzene rings is 6. The molecule has 0 amide bonds. The Hall–Kier alpha value is -5.61. The van der Waals surface area contributed by atoms with E-state index in [-0.39, 0.29) is 0 Å². The molecule has 1 aliphatic carbocycles. The maximum absolute atomic E-state index is 5.14. The fraction of sp³-hybridized carbons (Fsp3) is 0. The van der Waals surface area contributed by atoms with Crippen molar-refractivity contribution in [3.63, 3.8) is 0 Å². The Labute approximate surface area is 236 Å². The molecule has 0 saturated heterocycles. The van der Waals surface area contributed by atoms with Gasteiger partial charge in [0.1, 0.15) is 0 Å². The Kier molecular flexibility index (Phi) is 4.58. The van der Waals surface area contributed by atoms with Crippen LogP contribution in [0.1, 0.15) is 0 Å². The van der Waals surface area contributed by atoms with Crippen LogP contribution in [-0.4, -0.2) is 19.5 Å². The van der Waals surface area contributed by atoms with Gasteiger partial charge in [-0.2, -0.15) is 9.97 Å². The Bertz CT molecular complexity index is 2240. The third kappa shape index (κ3) is 3.19. The third-order valence-electron chi connectivity index (χ3n) is 8.19. The van der Waals surface area contributed by atoms with Gasteiger partial charge in [-0.1, -0.05) is 127 Å². The highest BCUT2D eigenvalue weighted by Crippen LogP contribution is 2.51. The van der Waals surface area contributed by atoms with Crippen molar-refractivity contribution < 1.29 is 0 Å². The van der Waals surface area contributed by atoms with Crippen molar-refractivity contribution >= 4 is 32.6 Å². The summed E-state index contributed by atoms with van der Waals surface area (Å²) in [5.74, 6) is 1.91. The average molecular weight is 523 g/mol. The number of para-hydroxylation sites is 1. The van der Waals surface area contributed by atoms with Crippen LogP contribution in [0.5, 0.6) is 0 Å². The Morgan fingerprint density at radius 1 is 0.439 bits per heavy atom. The second kappa shape index (κ2) is 8.44. The van der Waals surface area contributed by atoms with E-state index in [1.807, 2.05) is 36.4 Å². The Morgan fingerprint density at radius 2 is 1.07 bits per heavy atom. The predicted octanol–water partition coefficient (Wildman–Crippen LogP) is 9.10. The number of fused-ring (bicyclic) bond motifs is 7. The van der Waals surface area contributed by atoms with Crippen molar-refractivity contribution in [1.82, 2.24) is 19.5 Å². The molecule has 41 heavy (non-hydrogen) atoms. The average Bonchev–Trinajstić information content (AvgIpc) is 3.56. The van der Waals surface area contributed by atoms with E-state index in [1.165, 1.54) is 43.8 Å². The molecule has 0 unspecified atom stereocenters. The number of hydrogen-bond donors (Lipinski definition) is 0. The lowest BCUT2D eigenvalue weighted by atomic mass is 10.0. The molecule has 2 heterocycles. The largest absolute Gasteiger partial charge is 0.277 e. The van der Waals surface area contributed by atoms with Crippen LogP contribution >= 0.6 is 0 Å². The van der Waals surface area contributed by atoms with Gasteiger partial charge in [0, 0.05) is 27.5 Å². The highest BCUT2D eigenvalue weighted by atomic mass is 15.2. The van der Waals surface area contributed by atoms with E-state index >= 15 is 0 Å². The molecule has 0 bridgehead atoms. The van der Waals surface area contributed by atoms with Crippen molar-refractivity contribution in [3.05, 3.63) is 133 Å². The first kappa shape index (κ1) is 22.2. The van der Waals surface area contributed by atoms with E-state index in [1.54, 1.807) is 0 Å². The van der Waals surface area contributed by atoms with E-state index in [9.17, 15) is 0 Å². The van der Waals surface area contributed by atoms with Gasteiger partial charge in [-0.25, -0.2) is 4.98 Å². The van der Waals surface area contributed by atoms with Gasteiger partial charge in [-0.05, 0) is 33.5 Å². The molecule has 4 nitrogen and oxygen atoms in total. The lowest BCUT2D eigenvalue weighted by Crippen LogP contribution is -2.06. The van der Waals surface area contributed by atoms with Gasteiger partial charge < -0.3 is 0 Å². The maximum atomic E-state index is 5.14. The summed E-state index contributed by atoms with van der Waals surface area (Å²) in [5.41, 5.74) is 9.11. The third-order valence-corrected chi connectivity index (χ3v) is 8.19. The fourth-order valence-electron chi connectivity index (χ4n) is 6.43. The van der Waals surface area contributed by atoms with Crippen LogP contribution in [0, 0.1) is 0 Å². The number of hydrogen-bond acceptors (Lipinski definition) is 3. The van der Waals surface area contributed by atoms with Gasteiger partial charge in [0.15, 0.2) is 11.6 Å². The van der Waals surface area contributed by atoms with Crippen molar-refractivity contribution in [1.29, 1.82) is 0 Å². The number of rotatable bonds is 3. The summed E-state index contributed by atoms with van der Waals surface area (Å²) in [6.07, 6.45) is 0. The van der Waals surface area contributed by atoms with Gasteiger partial charge in [0.25, 0.3) is 0 Å². The van der Waals surface area contributed by atoms with Crippen LogP contribution in [0.2, 0.25) is 0 Å². The summed E-state index contributed by atoms with van der Waals surface area (Å²) in [6.45, 7) is 0. The second-order valence-corrected chi connectivity index (χ2v) is 10.5. The minimum Gasteiger partial charge on any atom is -0.277 e. The molecule has 6 aromatic carbocycles. The molecule has 0 radical (unpaired) electrons. The van der Waals surface area contributed by atoms with E-state index in [0.717, 1.165) is 22.2 Å². The van der Waals surface area contributed by atoms with Crippen LogP contribution < -0.4 is 0 Å². The van der Waals surface area contributed by atoms with Crippen LogP contribution in [-0.2, 0) is 0 Å². The van der Waals surface area contributed by atoms with Crippen LogP contribution in [0.15, 0.2) is 133 Å². The zero-order valence-electron chi connectivity index (χ0n) is 22.0. The first-order chi connectivity index (χ1) is 20.3. The second-order valence-electron chi connectivity index (χ2n) is 10.5. The minimum absolute atomic E-state index is 0.612. The van der Waals surface area contributed by atoms with Crippen LogP contribution in [0.4, 0.5) is 0 Å². The predicted molar refractivity (Wildman–Crippen MR) is 167 cm³/mol. The molecule has 190 valence electrons. The van der Waals surface area contributed by atoms with Crippen LogP contribution in [0.3, 0.4) is 0 Å². The maximum Gasteiger partial charge on any atom is 0.238 e. The zero-order valence-corrected chi connectivity index (χ0v) is 22.0. The smallest absolute Gasteiger partial charge is 0.238 e. The molecule has 4 heteroatoms. The Morgan fingerprint density at radius 3 is 1.78 bits per heavy atom. The van der Waals surface area contributed by atoms with Crippen LogP contribution in [0.25, 0.3) is 83.6 Å². The molecule has 0 N–H and O–H groups in total. The van der Waals surface area contributed by atoms with Crippen molar-refractivity contribution in [2.24, 2.45) is 0 Å². The molecule has 0 fully saturated rings. The molecule has 0 atom stereocenters. The summed E-state index contributed by atoms with van der Waals surface area (Å²) < 4.78 is 2.24. The highest BCUT2D eigenvalue weighted by Gasteiger charge is 2.27. The van der Waals surface area contributed by atoms with Gasteiger partial charge in [0.05, 0.1) is 11.0 Å². The minimum atomic E-state index is 0.612. The standard InChI is InChI=1S/C37H22N4/c1-3-11-24(12-4-1)35-38-36(25-13-5-2-6-14-25)40-37(39-35)41-31-20-8-7-17-26(31)29-22-21-28-27-18-9-15-23-16-10-19-30(32(23)27)33(28)34(29)41/h1-22H. The summed E-state index contributed by atoms with van der Waals surface area (Å²) in [7, 11) is 0. The molecule has 8 aromatic rings. The van der Waals surface area contributed by atoms with E-state index in [4.69, 9.17) is 15.0 Å². The molecule has 2 aromatic heterocycles. The summed E-state index contributed by atoms with van der Waals surface area (Å²) in [4.78, 5) is 15.2. The van der Waals surface area contributed by atoms with Gasteiger partial charge in [-0.15, -0.1) is 0 Å².